The summed E-state index contributed by atoms with van der Waals surface area (Å²) >= 11 is 0. The predicted molar refractivity (Wildman–Crippen MR) is 105 cm³/mol. The van der Waals surface area contributed by atoms with Gasteiger partial charge in [0.05, 0.1) is 21.3 Å². The molecule has 2 aromatic carbocycles. The first-order chi connectivity index (χ1) is 12.5. The molecule has 6 heteroatoms. The third-order valence-corrected chi connectivity index (χ3v) is 5.69. The topological polar surface area (TPSA) is 29.1 Å². The monoisotopic (exact) mass is 395 g/mol. The van der Waals surface area contributed by atoms with E-state index >= 15 is 0 Å². The zero-order valence-electron chi connectivity index (χ0n) is 15.6. The van der Waals surface area contributed by atoms with Crippen molar-refractivity contribution in [3.05, 3.63) is 77.9 Å². The molecule has 0 saturated heterocycles. The Kier molecular flexibility index (Phi) is 6.65. The van der Waals surface area contributed by atoms with E-state index in [1.807, 2.05) is 51.1 Å². The highest BCUT2D eigenvalue weighted by Crippen LogP contribution is 2.32. The van der Waals surface area contributed by atoms with Crippen LogP contribution in [0.3, 0.4) is 0 Å². The summed E-state index contributed by atoms with van der Waals surface area (Å²) in [5.41, 5.74) is 1.69. The molecule has 1 N–H and O–H groups in total. The number of nitrogens with one attached hydrogen (secondary N) is 1. The van der Waals surface area contributed by atoms with E-state index in [1.54, 1.807) is 0 Å². The van der Waals surface area contributed by atoms with Gasteiger partial charge in [0.1, 0.15) is 0 Å². The van der Waals surface area contributed by atoms with Crippen LogP contribution in [0.5, 0.6) is 0 Å². The van der Waals surface area contributed by atoms with Crippen LogP contribution in [0.1, 0.15) is 49.9 Å². The van der Waals surface area contributed by atoms with E-state index < -0.39 is 33.5 Å². The first-order valence-electron chi connectivity index (χ1n) is 8.57. The van der Waals surface area contributed by atoms with Gasteiger partial charge in [-0.3, -0.25) is 0 Å². The highest BCUT2D eigenvalue weighted by atomic mass is 32.2. The number of hydrogen-bond acceptors (Lipinski definition) is 1. The van der Waals surface area contributed by atoms with E-state index in [1.165, 1.54) is 12.1 Å². The molecule has 0 bridgehead atoms. The summed E-state index contributed by atoms with van der Waals surface area (Å²) in [6.07, 6.45) is -3.96. The van der Waals surface area contributed by atoms with Crippen LogP contribution in [0.4, 0.5) is 13.2 Å². The first kappa shape index (κ1) is 21.4. The smallest absolute Gasteiger partial charge is 0.242 e. The van der Waals surface area contributed by atoms with Crippen LogP contribution in [0, 0.1) is 0 Å². The van der Waals surface area contributed by atoms with E-state index in [0.717, 1.165) is 23.3 Å². The average molecular weight is 395 g/mol. The van der Waals surface area contributed by atoms with Crippen molar-refractivity contribution in [1.29, 1.82) is 0 Å². The lowest BCUT2D eigenvalue weighted by Crippen LogP contribution is -2.35. The fourth-order valence-corrected chi connectivity index (χ4v) is 3.31. The molecule has 27 heavy (non-hydrogen) atoms. The molecule has 0 fully saturated rings. The second kappa shape index (κ2) is 8.40. The second-order valence-electron chi connectivity index (χ2n) is 7.35. The van der Waals surface area contributed by atoms with Gasteiger partial charge in [-0.15, -0.1) is 0 Å². The van der Waals surface area contributed by atoms with E-state index in [2.05, 4.69) is 11.3 Å². The molecule has 0 radical (unpaired) electrons. The summed E-state index contributed by atoms with van der Waals surface area (Å²) in [7, 11) is -1.38. The Morgan fingerprint density at radius 3 is 2.07 bits per heavy atom. The first-order valence-corrected chi connectivity index (χ1v) is 9.72. The van der Waals surface area contributed by atoms with Crippen LogP contribution in [0.25, 0.3) is 5.57 Å². The molecule has 2 aromatic rings. The number of halogens is 3. The Morgan fingerprint density at radius 1 is 1.04 bits per heavy atom. The fraction of sp³-hybridized carbons (Fsp3) is 0.333. The van der Waals surface area contributed by atoms with Crippen molar-refractivity contribution in [3.63, 3.8) is 0 Å². The minimum absolute atomic E-state index is 0.417. The van der Waals surface area contributed by atoms with Gasteiger partial charge in [0.25, 0.3) is 0 Å². The van der Waals surface area contributed by atoms with Crippen LogP contribution >= 0.6 is 0 Å². The molecule has 0 aromatic heterocycles. The van der Waals surface area contributed by atoms with Gasteiger partial charge in [0.15, 0.2) is 0 Å². The van der Waals surface area contributed by atoms with Crippen molar-refractivity contribution in [2.75, 3.05) is 0 Å². The minimum atomic E-state index is -4.39. The highest BCUT2D eigenvalue weighted by molar-refractivity contribution is 7.84. The largest absolute Gasteiger partial charge is 0.416 e. The quantitative estimate of drug-likeness (QED) is 0.648. The van der Waals surface area contributed by atoms with Crippen molar-refractivity contribution < 1.29 is 17.4 Å². The average Bonchev–Trinajstić information content (AvgIpc) is 2.60. The Bertz CT molecular complexity index is 793. The summed E-state index contributed by atoms with van der Waals surface area (Å²) < 4.78 is 53.7. The van der Waals surface area contributed by atoms with Crippen LogP contribution in [0.2, 0.25) is 0 Å². The zero-order chi connectivity index (χ0) is 20.2. The van der Waals surface area contributed by atoms with Crippen molar-refractivity contribution in [1.82, 2.24) is 4.72 Å². The van der Waals surface area contributed by atoms with Crippen molar-refractivity contribution in [2.45, 2.75) is 44.2 Å². The molecule has 0 aliphatic carbocycles. The van der Waals surface area contributed by atoms with Gasteiger partial charge in [0, 0.05) is 6.04 Å². The van der Waals surface area contributed by atoms with Gasteiger partial charge in [0.2, 0.25) is 0 Å². The molecule has 2 atom stereocenters. The van der Waals surface area contributed by atoms with E-state index in [4.69, 9.17) is 0 Å². The third kappa shape index (κ3) is 6.04. The lowest BCUT2D eigenvalue weighted by Gasteiger charge is -2.25. The maximum Gasteiger partial charge on any atom is 0.416 e. The molecular formula is C21H24F3NOS. The normalized spacial score (nSPS) is 14.6. The fourth-order valence-electron chi connectivity index (χ4n) is 2.48. The van der Waals surface area contributed by atoms with E-state index in [0.29, 0.717) is 12.0 Å². The van der Waals surface area contributed by atoms with Gasteiger partial charge in [-0.25, -0.2) is 8.93 Å². The lowest BCUT2D eigenvalue weighted by atomic mass is 9.95. The Hall–Kier alpha value is -1.92. The molecule has 0 amide bonds. The van der Waals surface area contributed by atoms with Gasteiger partial charge >= 0.3 is 6.18 Å². The minimum Gasteiger partial charge on any atom is -0.242 e. The highest BCUT2D eigenvalue weighted by Gasteiger charge is 2.31. The maximum absolute atomic E-state index is 12.8. The molecule has 0 aliphatic rings. The summed E-state index contributed by atoms with van der Waals surface area (Å²) in [5.74, 6) is 0. The van der Waals surface area contributed by atoms with E-state index in [9.17, 15) is 17.4 Å². The molecule has 0 heterocycles. The molecule has 0 spiro atoms. The van der Waals surface area contributed by atoms with Gasteiger partial charge in [-0.05, 0) is 56.0 Å². The van der Waals surface area contributed by atoms with Gasteiger partial charge < -0.3 is 0 Å². The number of rotatable bonds is 6. The lowest BCUT2D eigenvalue weighted by molar-refractivity contribution is -0.137. The Morgan fingerprint density at radius 2 is 1.59 bits per heavy atom. The van der Waals surface area contributed by atoms with Crippen LogP contribution in [0.15, 0.2) is 61.2 Å². The molecule has 0 aliphatic heterocycles. The molecule has 146 valence electrons. The van der Waals surface area contributed by atoms with Crippen molar-refractivity contribution in [3.8, 4) is 0 Å². The summed E-state index contributed by atoms with van der Waals surface area (Å²) in [6, 6.07) is 14.1. The zero-order valence-corrected chi connectivity index (χ0v) is 16.5. The Labute approximate surface area is 161 Å². The summed E-state index contributed by atoms with van der Waals surface area (Å²) in [5, 5.41) is 0. The molecule has 2 rings (SSSR count). The summed E-state index contributed by atoms with van der Waals surface area (Å²) in [4.78, 5) is 0. The van der Waals surface area contributed by atoms with Crippen LogP contribution in [-0.4, -0.2) is 8.96 Å². The van der Waals surface area contributed by atoms with Crippen molar-refractivity contribution >= 4 is 16.6 Å². The number of benzene rings is 2. The van der Waals surface area contributed by atoms with Crippen LogP contribution < -0.4 is 4.72 Å². The molecular weight excluding hydrogens is 371 g/mol. The SMILES string of the molecule is C=C(C[C@H](N[S@](=O)C(C)(C)C)c1ccc(C(F)(F)F)cc1)c1ccccc1. The van der Waals surface area contributed by atoms with Gasteiger partial charge in [-0.2, -0.15) is 13.2 Å². The molecule has 0 saturated carbocycles. The van der Waals surface area contributed by atoms with Crippen molar-refractivity contribution in [2.24, 2.45) is 0 Å². The number of alkyl halides is 3. The molecule has 0 unspecified atom stereocenters. The van der Waals surface area contributed by atoms with E-state index in [-0.39, 0.29) is 0 Å². The predicted octanol–water partition coefficient (Wildman–Crippen LogP) is 5.90. The number of hydrogen-bond donors (Lipinski definition) is 1. The summed E-state index contributed by atoms with van der Waals surface area (Å²) in [6.45, 7) is 9.62. The third-order valence-electron chi connectivity index (χ3n) is 4.08. The Balaban J connectivity index is 2.29. The van der Waals surface area contributed by atoms with Crippen LogP contribution in [-0.2, 0) is 17.2 Å². The maximum atomic E-state index is 12.8. The standard InChI is InChI=1S/C21H24F3NOS/c1-15(16-8-6-5-7-9-16)14-19(25-27(26)20(2,3)4)17-10-12-18(13-11-17)21(22,23)24/h5-13,19,25H,1,14H2,2-4H3/t19-,27+/m0/s1. The second-order valence-corrected chi connectivity index (χ2v) is 9.34. The molecule has 2 nitrogen and oxygen atoms in total. The van der Waals surface area contributed by atoms with Gasteiger partial charge in [-0.1, -0.05) is 49.0 Å².